The molecule has 1 aromatic carbocycles. The predicted octanol–water partition coefficient (Wildman–Crippen LogP) is 1.29. The number of ether oxygens (including phenoxy) is 2. The first-order valence-electron chi connectivity index (χ1n) is 10.7. The van der Waals surface area contributed by atoms with Gasteiger partial charge in [-0.15, -0.1) is 0 Å². The lowest BCUT2D eigenvalue weighted by atomic mass is 10.2. The lowest BCUT2D eigenvalue weighted by molar-refractivity contribution is -0.144. The molecule has 1 aromatic heterocycles. The fourth-order valence-corrected chi connectivity index (χ4v) is 3.51. The maximum atomic E-state index is 11.8. The number of carbonyl (C=O) groups excluding carboxylic acids is 2. The molecule has 3 N–H and O–H groups in total. The van der Waals surface area contributed by atoms with E-state index in [2.05, 4.69) is 31.7 Å². The Morgan fingerprint density at radius 1 is 1.25 bits per heavy atom. The number of nitrogen functional groups attached to an aromatic ring is 1. The summed E-state index contributed by atoms with van der Waals surface area (Å²) in [4.78, 5) is 36.1. The Labute approximate surface area is 187 Å². The number of benzene rings is 1. The highest BCUT2D eigenvalue weighted by atomic mass is 16.5. The summed E-state index contributed by atoms with van der Waals surface area (Å²) in [6.45, 7) is 10.9. The smallest absolute Gasteiger partial charge is 0.320 e. The zero-order valence-electron chi connectivity index (χ0n) is 18.4. The first-order valence-corrected chi connectivity index (χ1v) is 10.7. The number of anilines is 2. The summed E-state index contributed by atoms with van der Waals surface area (Å²) in [6, 6.07) is 3.51. The third-order valence-electron chi connectivity index (χ3n) is 5.14. The average Bonchev–Trinajstić information content (AvgIpc) is 2.78. The largest absolute Gasteiger partial charge is 0.491 e. The molecule has 3 rings (SSSR count). The van der Waals surface area contributed by atoms with E-state index in [-0.39, 0.29) is 17.8 Å². The number of piperazine rings is 1. The van der Waals surface area contributed by atoms with E-state index in [4.69, 9.17) is 15.2 Å². The molecule has 0 aliphatic carbocycles. The molecule has 32 heavy (non-hydrogen) atoms. The molecule has 0 radical (unpaired) electrons. The Hall–Kier alpha value is -3.24. The lowest BCUT2D eigenvalue weighted by Gasteiger charge is -2.34. The van der Waals surface area contributed by atoms with Crippen LogP contribution >= 0.6 is 0 Å². The molecule has 0 saturated carbocycles. The molecule has 0 atom stereocenters. The van der Waals surface area contributed by atoms with Gasteiger partial charge in [-0.2, -0.15) is 0 Å². The standard InChI is InChI=1S/C22H30N6O4/c1-3-20(29)25-18-12-16-14-24-22(23)26-17(16)13-19(18)32-11-5-6-27-7-9-28(10-8-27)15-21(30)31-4-2/h3,12-14H,1,4-11,15H2,2H3,(H,25,29)(H2,23,24,26). The van der Waals surface area contributed by atoms with Crippen molar-refractivity contribution in [2.24, 2.45) is 0 Å². The van der Waals surface area contributed by atoms with Gasteiger partial charge in [-0.3, -0.25) is 14.5 Å². The summed E-state index contributed by atoms with van der Waals surface area (Å²) in [5.74, 6) is 0.195. The zero-order chi connectivity index (χ0) is 22.9. The van der Waals surface area contributed by atoms with E-state index >= 15 is 0 Å². The average molecular weight is 443 g/mol. The number of nitrogens with zero attached hydrogens (tertiary/aromatic N) is 4. The summed E-state index contributed by atoms with van der Waals surface area (Å²) in [5.41, 5.74) is 6.86. The number of hydrogen-bond acceptors (Lipinski definition) is 9. The van der Waals surface area contributed by atoms with E-state index in [0.717, 1.165) is 44.5 Å². The lowest BCUT2D eigenvalue weighted by Crippen LogP contribution is -2.48. The van der Waals surface area contributed by atoms with E-state index in [1.54, 1.807) is 18.3 Å². The first-order chi connectivity index (χ1) is 15.5. The molecule has 2 heterocycles. The number of nitrogens with one attached hydrogen (secondary N) is 1. The van der Waals surface area contributed by atoms with Crippen molar-refractivity contribution in [3.8, 4) is 5.75 Å². The molecule has 172 valence electrons. The molecular weight excluding hydrogens is 412 g/mol. The van der Waals surface area contributed by atoms with Gasteiger partial charge in [0.15, 0.2) is 0 Å². The number of hydrogen-bond donors (Lipinski definition) is 2. The van der Waals surface area contributed by atoms with E-state index in [1.807, 2.05) is 6.92 Å². The van der Waals surface area contributed by atoms with Crippen molar-refractivity contribution in [2.75, 3.05) is 63.5 Å². The molecule has 1 fully saturated rings. The van der Waals surface area contributed by atoms with Crippen LogP contribution in [0.1, 0.15) is 13.3 Å². The molecule has 10 heteroatoms. The first kappa shape index (κ1) is 23.4. The zero-order valence-corrected chi connectivity index (χ0v) is 18.4. The fraction of sp³-hybridized carbons (Fsp3) is 0.455. The van der Waals surface area contributed by atoms with Gasteiger partial charge in [0.05, 0.1) is 31.0 Å². The summed E-state index contributed by atoms with van der Waals surface area (Å²) in [7, 11) is 0. The summed E-state index contributed by atoms with van der Waals surface area (Å²) < 4.78 is 11.0. The SMILES string of the molecule is C=CC(=O)Nc1cc2cnc(N)nc2cc1OCCCN1CCN(CC(=O)OCC)CC1. The number of aromatic nitrogens is 2. The van der Waals surface area contributed by atoms with Gasteiger partial charge in [0, 0.05) is 50.4 Å². The van der Waals surface area contributed by atoms with Crippen LogP contribution < -0.4 is 15.8 Å². The van der Waals surface area contributed by atoms with Gasteiger partial charge in [0.2, 0.25) is 11.9 Å². The van der Waals surface area contributed by atoms with Crippen molar-refractivity contribution in [1.29, 1.82) is 0 Å². The van der Waals surface area contributed by atoms with Crippen LogP contribution in [0.15, 0.2) is 31.0 Å². The molecule has 10 nitrogen and oxygen atoms in total. The summed E-state index contributed by atoms with van der Waals surface area (Å²) in [5, 5.41) is 3.51. The molecule has 1 aliphatic heterocycles. The van der Waals surface area contributed by atoms with E-state index < -0.39 is 0 Å². The normalized spacial score (nSPS) is 14.8. The quantitative estimate of drug-likeness (QED) is 0.318. The Morgan fingerprint density at radius 2 is 2.00 bits per heavy atom. The van der Waals surface area contributed by atoms with Crippen LogP contribution in [-0.4, -0.2) is 84.1 Å². The number of amides is 1. The topological polar surface area (TPSA) is 123 Å². The number of nitrogens with two attached hydrogens (primary N) is 1. The third kappa shape index (κ3) is 6.63. The predicted molar refractivity (Wildman–Crippen MR) is 122 cm³/mol. The van der Waals surface area contributed by atoms with Crippen LogP contribution in [0.2, 0.25) is 0 Å². The highest BCUT2D eigenvalue weighted by molar-refractivity contribution is 6.01. The molecule has 0 bridgehead atoms. The van der Waals surface area contributed by atoms with Crippen molar-refractivity contribution >= 4 is 34.4 Å². The highest BCUT2D eigenvalue weighted by Gasteiger charge is 2.19. The molecule has 1 saturated heterocycles. The summed E-state index contributed by atoms with van der Waals surface area (Å²) in [6.07, 6.45) is 3.62. The Bertz CT molecular complexity index is 959. The Morgan fingerprint density at radius 3 is 2.72 bits per heavy atom. The van der Waals surface area contributed by atoms with Crippen LogP contribution in [0, 0.1) is 0 Å². The molecule has 2 aromatic rings. The van der Waals surface area contributed by atoms with Gasteiger partial charge < -0.3 is 25.4 Å². The van der Waals surface area contributed by atoms with Crippen LogP contribution in [0.4, 0.5) is 11.6 Å². The number of carbonyl (C=O) groups is 2. The van der Waals surface area contributed by atoms with Gasteiger partial charge >= 0.3 is 5.97 Å². The van der Waals surface area contributed by atoms with Crippen molar-refractivity contribution in [1.82, 2.24) is 19.8 Å². The van der Waals surface area contributed by atoms with Gasteiger partial charge in [-0.05, 0) is 25.5 Å². The fourth-order valence-electron chi connectivity index (χ4n) is 3.51. The van der Waals surface area contributed by atoms with Crippen LogP contribution in [-0.2, 0) is 14.3 Å². The maximum absolute atomic E-state index is 11.8. The molecule has 0 unspecified atom stereocenters. The Kier molecular flexibility index (Phi) is 8.34. The molecule has 1 aliphatic rings. The number of fused-ring (bicyclic) bond motifs is 1. The molecular formula is C22H30N6O4. The monoisotopic (exact) mass is 442 g/mol. The second kappa shape index (κ2) is 11.4. The van der Waals surface area contributed by atoms with Crippen molar-refractivity contribution < 1.29 is 19.1 Å². The van der Waals surface area contributed by atoms with Crippen molar-refractivity contribution in [3.05, 3.63) is 31.0 Å². The highest BCUT2D eigenvalue weighted by Crippen LogP contribution is 2.30. The van der Waals surface area contributed by atoms with Crippen LogP contribution in [0.25, 0.3) is 10.9 Å². The third-order valence-corrected chi connectivity index (χ3v) is 5.14. The van der Waals surface area contributed by atoms with Crippen LogP contribution in [0.5, 0.6) is 5.75 Å². The van der Waals surface area contributed by atoms with E-state index in [9.17, 15) is 9.59 Å². The maximum Gasteiger partial charge on any atom is 0.320 e. The molecule has 1 amide bonds. The minimum Gasteiger partial charge on any atom is -0.491 e. The van der Waals surface area contributed by atoms with Gasteiger partial charge in [-0.1, -0.05) is 6.58 Å². The van der Waals surface area contributed by atoms with Gasteiger partial charge in [-0.25, -0.2) is 9.97 Å². The minimum absolute atomic E-state index is 0.170. The second-order valence-electron chi connectivity index (χ2n) is 7.45. The number of rotatable bonds is 10. The van der Waals surface area contributed by atoms with Crippen molar-refractivity contribution in [2.45, 2.75) is 13.3 Å². The van der Waals surface area contributed by atoms with Crippen LogP contribution in [0.3, 0.4) is 0 Å². The van der Waals surface area contributed by atoms with Gasteiger partial charge in [0.25, 0.3) is 0 Å². The van der Waals surface area contributed by atoms with Crippen molar-refractivity contribution in [3.63, 3.8) is 0 Å². The Balaban J connectivity index is 1.51. The summed E-state index contributed by atoms with van der Waals surface area (Å²) >= 11 is 0. The van der Waals surface area contributed by atoms with E-state index in [1.165, 1.54) is 6.08 Å². The molecule has 0 spiro atoms. The number of esters is 1. The minimum atomic E-state index is -0.328. The van der Waals surface area contributed by atoms with E-state index in [0.29, 0.717) is 36.7 Å². The second-order valence-corrected chi connectivity index (χ2v) is 7.45. The van der Waals surface area contributed by atoms with Gasteiger partial charge in [0.1, 0.15) is 5.75 Å².